The quantitative estimate of drug-likeness (QED) is 0.874. The molecule has 144 valence electrons. The zero-order valence-corrected chi connectivity index (χ0v) is 15.8. The molecular formula is C19H25N5O3. The Morgan fingerprint density at radius 2 is 2.07 bits per heavy atom. The van der Waals surface area contributed by atoms with Gasteiger partial charge in [0.15, 0.2) is 0 Å². The molecule has 1 N–H and O–H groups in total. The van der Waals surface area contributed by atoms with Crippen molar-refractivity contribution < 1.29 is 9.53 Å². The Morgan fingerprint density at radius 1 is 1.30 bits per heavy atom. The summed E-state index contributed by atoms with van der Waals surface area (Å²) in [5.74, 6) is 0.908. The number of ether oxygens (including phenoxy) is 1. The number of pyridine rings is 1. The summed E-state index contributed by atoms with van der Waals surface area (Å²) in [6, 6.07) is 1.95. The molecule has 2 aromatic rings. The Hall–Kier alpha value is -2.48. The second-order valence-corrected chi connectivity index (χ2v) is 7.52. The van der Waals surface area contributed by atoms with Gasteiger partial charge in [-0.05, 0) is 31.7 Å². The number of H-pyrrole nitrogens is 1. The molecular weight excluding hydrogens is 346 g/mol. The lowest BCUT2D eigenvalue weighted by Crippen LogP contribution is -2.43. The van der Waals surface area contributed by atoms with Crippen molar-refractivity contribution >= 4 is 22.8 Å². The molecule has 4 rings (SSSR count). The molecule has 1 atom stereocenters. The van der Waals surface area contributed by atoms with Gasteiger partial charge in [-0.2, -0.15) is 0 Å². The fraction of sp³-hybridized carbons (Fsp3) is 0.579. The molecule has 0 aliphatic carbocycles. The van der Waals surface area contributed by atoms with Gasteiger partial charge in [0.05, 0.1) is 10.9 Å². The summed E-state index contributed by atoms with van der Waals surface area (Å²) in [5, 5.41) is 0.496. The van der Waals surface area contributed by atoms with Crippen LogP contribution in [0.1, 0.15) is 37.3 Å². The molecule has 0 spiro atoms. The van der Waals surface area contributed by atoms with Gasteiger partial charge < -0.3 is 19.5 Å². The van der Waals surface area contributed by atoms with Crippen molar-refractivity contribution in [1.82, 2.24) is 19.9 Å². The van der Waals surface area contributed by atoms with E-state index in [9.17, 15) is 9.59 Å². The van der Waals surface area contributed by atoms with Crippen molar-refractivity contribution in [3.8, 4) is 0 Å². The van der Waals surface area contributed by atoms with E-state index in [0.29, 0.717) is 36.5 Å². The zero-order chi connectivity index (χ0) is 19.0. The Morgan fingerprint density at radius 3 is 2.74 bits per heavy atom. The summed E-state index contributed by atoms with van der Waals surface area (Å²) < 4.78 is 5.52. The third-order valence-corrected chi connectivity index (χ3v) is 5.45. The molecule has 2 fully saturated rings. The number of fused-ring (bicyclic) bond motifs is 1. The van der Waals surface area contributed by atoms with E-state index in [1.807, 2.05) is 30.0 Å². The third kappa shape index (κ3) is 3.53. The number of likely N-dealkylation sites (tertiary alicyclic amines) is 1. The van der Waals surface area contributed by atoms with Crippen molar-refractivity contribution in [2.45, 2.75) is 37.7 Å². The van der Waals surface area contributed by atoms with Crippen LogP contribution in [0.5, 0.6) is 0 Å². The van der Waals surface area contributed by atoms with Crippen molar-refractivity contribution in [2.75, 3.05) is 38.7 Å². The molecule has 8 nitrogen and oxygen atoms in total. The van der Waals surface area contributed by atoms with Crippen molar-refractivity contribution in [2.24, 2.45) is 0 Å². The van der Waals surface area contributed by atoms with Crippen LogP contribution in [-0.4, -0.2) is 65.7 Å². The number of rotatable bonds is 3. The number of nitrogens with zero attached hydrogens (tertiary/aromatic N) is 4. The average molecular weight is 371 g/mol. The summed E-state index contributed by atoms with van der Waals surface area (Å²) in [5.41, 5.74) is 1.39. The molecule has 1 amide bonds. The molecule has 4 heterocycles. The Kier molecular flexibility index (Phi) is 4.82. The van der Waals surface area contributed by atoms with E-state index in [1.54, 1.807) is 6.20 Å². The lowest BCUT2D eigenvalue weighted by Gasteiger charge is -2.33. The highest BCUT2D eigenvalue weighted by molar-refractivity contribution is 5.81. The lowest BCUT2D eigenvalue weighted by atomic mass is 9.92. The number of hydrogen-bond acceptors (Lipinski definition) is 6. The number of amides is 1. The third-order valence-electron chi connectivity index (χ3n) is 5.45. The highest BCUT2D eigenvalue weighted by Gasteiger charge is 2.31. The molecule has 0 bridgehead atoms. The molecule has 8 heteroatoms. The summed E-state index contributed by atoms with van der Waals surface area (Å²) in [6.07, 6.45) is 4.75. The first-order chi connectivity index (χ1) is 13.0. The lowest BCUT2D eigenvalue weighted by molar-refractivity contribution is -0.142. The van der Waals surface area contributed by atoms with E-state index in [1.165, 1.54) is 0 Å². The SMILES string of the molecule is CN(C)c1ncc2c(=O)[nH]c(C3CCN(C(=O)C4CCCO4)CC3)cc2n1. The molecule has 1 unspecified atom stereocenters. The molecule has 27 heavy (non-hydrogen) atoms. The van der Waals surface area contributed by atoms with Crippen molar-refractivity contribution in [3.63, 3.8) is 0 Å². The predicted molar refractivity (Wildman–Crippen MR) is 102 cm³/mol. The van der Waals surface area contributed by atoms with Crippen LogP contribution in [0.3, 0.4) is 0 Å². The van der Waals surface area contributed by atoms with Crippen LogP contribution in [-0.2, 0) is 9.53 Å². The van der Waals surface area contributed by atoms with Gasteiger partial charge in [0.1, 0.15) is 6.10 Å². The summed E-state index contributed by atoms with van der Waals surface area (Å²) >= 11 is 0. The zero-order valence-electron chi connectivity index (χ0n) is 15.8. The van der Waals surface area contributed by atoms with Gasteiger partial charge in [0.25, 0.3) is 11.5 Å². The monoisotopic (exact) mass is 371 g/mol. The Balaban J connectivity index is 1.51. The number of aromatic amines is 1. The van der Waals surface area contributed by atoms with Crippen molar-refractivity contribution in [1.29, 1.82) is 0 Å². The molecule has 0 radical (unpaired) electrons. The molecule has 0 saturated carbocycles. The maximum Gasteiger partial charge on any atom is 0.259 e. The number of nitrogens with one attached hydrogen (secondary N) is 1. The highest BCUT2D eigenvalue weighted by atomic mass is 16.5. The molecule has 2 saturated heterocycles. The minimum absolute atomic E-state index is 0.112. The number of aromatic nitrogens is 3. The number of piperidine rings is 1. The van der Waals surface area contributed by atoms with Gasteiger partial charge >= 0.3 is 0 Å². The Bertz CT molecular complexity index is 896. The van der Waals surface area contributed by atoms with Crippen LogP contribution in [0, 0.1) is 0 Å². The van der Waals surface area contributed by atoms with E-state index in [0.717, 1.165) is 31.4 Å². The van der Waals surface area contributed by atoms with Gasteiger partial charge in [0.2, 0.25) is 5.95 Å². The molecule has 2 aromatic heterocycles. The van der Waals surface area contributed by atoms with E-state index < -0.39 is 0 Å². The largest absolute Gasteiger partial charge is 0.368 e. The first-order valence-electron chi connectivity index (χ1n) is 9.50. The van der Waals surface area contributed by atoms with Crippen LogP contribution in [0.15, 0.2) is 17.1 Å². The molecule has 0 aromatic carbocycles. The minimum atomic E-state index is -0.261. The van der Waals surface area contributed by atoms with E-state index in [2.05, 4.69) is 15.0 Å². The summed E-state index contributed by atoms with van der Waals surface area (Å²) in [7, 11) is 3.74. The van der Waals surface area contributed by atoms with E-state index in [4.69, 9.17) is 4.74 Å². The van der Waals surface area contributed by atoms with Gasteiger partial charge in [-0.15, -0.1) is 0 Å². The second-order valence-electron chi connectivity index (χ2n) is 7.52. The average Bonchev–Trinajstić information content (AvgIpc) is 3.22. The van der Waals surface area contributed by atoms with E-state index >= 15 is 0 Å². The molecule has 2 aliphatic rings. The normalized spacial score (nSPS) is 21.0. The van der Waals surface area contributed by atoms with Crippen LogP contribution >= 0.6 is 0 Å². The van der Waals surface area contributed by atoms with E-state index in [-0.39, 0.29) is 23.5 Å². The number of carbonyl (C=O) groups is 1. The first-order valence-corrected chi connectivity index (χ1v) is 9.50. The van der Waals surface area contributed by atoms with Gasteiger partial charge in [0, 0.05) is 51.6 Å². The van der Waals surface area contributed by atoms with Crippen LogP contribution in [0.2, 0.25) is 0 Å². The van der Waals surface area contributed by atoms with Crippen molar-refractivity contribution in [3.05, 3.63) is 28.3 Å². The smallest absolute Gasteiger partial charge is 0.259 e. The maximum absolute atomic E-state index is 12.5. The van der Waals surface area contributed by atoms with Gasteiger partial charge in [-0.1, -0.05) is 0 Å². The number of anilines is 1. The van der Waals surface area contributed by atoms with Crippen LogP contribution in [0.25, 0.3) is 10.9 Å². The maximum atomic E-state index is 12.5. The Labute approximate surface area is 157 Å². The fourth-order valence-electron chi connectivity index (χ4n) is 3.87. The summed E-state index contributed by atoms with van der Waals surface area (Å²) in [4.78, 5) is 40.4. The fourth-order valence-corrected chi connectivity index (χ4v) is 3.87. The number of carbonyl (C=O) groups excluding carboxylic acids is 1. The highest BCUT2D eigenvalue weighted by Crippen LogP contribution is 2.28. The van der Waals surface area contributed by atoms with Gasteiger partial charge in [-0.25, -0.2) is 9.97 Å². The number of hydrogen-bond donors (Lipinski definition) is 1. The standard InChI is InChI=1S/C19H25N5O3/c1-23(2)19-20-11-13-15(22-19)10-14(21-17(13)25)12-5-7-24(8-6-12)18(26)16-4-3-9-27-16/h10-12,16H,3-9H2,1-2H3,(H,21,25). The summed E-state index contributed by atoms with van der Waals surface area (Å²) in [6.45, 7) is 2.06. The van der Waals surface area contributed by atoms with Gasteiger partial charge in [-0.3, -0.25) is 9.59 Å². The van der Waals surface area contributed by atoms with Crippen LogP contribution < -0.4 is 10.5 Å². The second kappa shape index (κ2) is 7.26. The first kappa shape index (κ1) is 17.9. The topological polar surface area (TPSA) is 91.4 Å². The minimum Gasteiger partial charge on any atom is -0.368 e. The molecule has 2 aliphatic heterocycles. The van der Waals surface area contributed by atoms with Crippen LogP contribution in [0.4, 0.5) is 5.95 Å². The predicted octanol–water partition coefficient (Wildman–Crippen LogP) is 1.27.